The molecule has 11 heteroatoms. The number of ether oxygens (including phenoxy) is 2. The van der Waals surface area contributed by atoms with E-state index < -0.39 is 10.0 Å². The van der Waals surface area contributed by atoms with Gasteiger partial charge >= 0.3 is 0 Å². The van der Waals surface area contributed by atoms with Crippen LogP contribution in [-0.2, 0) is 29.4 Å². The highest BCUT2D eigenvalue weighted by Gasteiger charge is 2.30. The first kappa shape index (κ1) is 23.0. The number of nitrogens with zero attached hydrogens (tertiary/aromatic N) is 3. The highest BCUT2D eigenvalue weighted by molar-refractivity contribution is 7.89. The molecule has 1 atom stereocenters. The van der Waals surface area contributed by atoms with Crippen molar-refractivity contribution in [3.8, 4) is 11.5 Å². The molecule has 1 N–H and O–H groups in total. The van der Waals surface area contributed by atoms with Crippen LogP contribution in [-0.4, -0.2) is 67.0 Å². The predicted molar refractivity (Wildman–Crippen MR) is 133 cm³/mol. The number of aryl methyl sites for hydroxylation is 1. The minimum atomic E-state index is -3.63. The van der Waals surface area contributed by atoms with E-state index in [1.807, 2.05) is 0 Å². The van der Waals surface area contributed by atoms with Crippen molar-refractivity contribution < 1.29 is 17.9 Å². The quantitative estimate of drug-likeness (QED) is 0.568. The van der Waals surface area contributed by atoms with Crippen molar-refractivity contribution in [3.63, 3.8) is 0 Å². The lowest BCUT2D eigenvalue weighted by atomic mass is 9.89. The Morgan fingerprint density at radius 1 is 1.14 bits per heavy atom. The first-order chi connectivity index (χ1) is 16.9. The third kappa shape index (κ3) is 4.24. The molecule has 1 fully saturated rings. The average Bonchev–Trinajstić information content (AvgIpc) is 3.21. The number of hydrogen-bond acceptors (Lipinski definition) is 8. The minimum absolute atomic E-state index is 0.0584. The number of piperazine rings is 1. The van der Waals surface area contributed by atoms with Gasteiger partial charge in [0, 0.05) is 37.1 Å². The van der Waals surface area contributed by atoms with Gasteiger partial charge in [-0.05, 0) is 42.9 Å². The molecule has 9 nitrogen and oxygen atoms in total. The number of fused-ring (bicyclic) bond motifs is 4. The molecule has 1 aromatic carbocycles. The number of aromatic nitrogens is 2. The summed E-state index contributed by atoms with van der Waals surface area (Å²) < 4.78 is 39.0. The number of benzene rings is 1. The summed E-state index contributed by atoms with van der Waals surface area (Å²) in [6.45, 7) is 5.47. The van der Waals surface area contributed by atoms with E-state index in [1.165, 1.54) is 14.7 Å². The smallest absolute Gasteiger partial charge is 0.259 e. The third-order valence-electron chi connectivity index (χ3n) is 7.07. The van der Waals surface area contributed by atoms with Crippen molar-refractivity contribution in [2.45, 2.75) is 37.6 Å². The number of nitrogens with one attached hydrogen (secondary N) is 1. The van der Waals surface area contributed by atoms with Crippen molar-refractivity contribution in [2.75, 3.05) is 39.4 Å². The second kappa shape index (κ2) is 8.88. The Kier molecular flexibility index (Phi) is 5.82. The van der Waals surface area contributed by atoms with E-state index in [4.69, 9.17) is 14.5 Å². The van der Waals surface area contributed by atoms with Gasteiger partial charge in [0.05, 0.1) is 16.8 Å². The van der Waals surface area contributed by atoms with Crippen molar-refractivity contribution in [2.24, 2.45) is 5.92 Å². The standard InChI is InChI=1S/C24H28N4O5S2/c1-15-2-4-17-20(12-15)34-24-22(17)23(29)25-21(26-24)14-27-6-8-28(9-7-27)35(30,31)16-3-5-18-19(13-16)33-11-10-32-18/h3,5,13,15H,2,4,6-12,14H2,1H3,(H,25,26,29)/t15-/m0/s1. The van der Waals surface area contributed by atoms with E-state index >= 15 is 0 Å². The van der Waals surface area contributed by atoms with Gasteiger partial charge in [0.25, 0.3) is 5.56 Å². The molecule has 186 valence electrons. The zero-order chi connectivity index (χ0) is 24.2. The zero-order valence-electron chi connectivity index (χ0n) is 19.6. The molecule has 0 spiro atoms. The molecule has 0 radical (unpaired) electrons. The molecule has 0 unspecified atom stereocenters. The van der Waals surface area contributed by atoms with Gasteiger partial charge in [-0.25, -0.2) is 13.4 Å². The van der Waals surface area contributed by atoms with Gasteiger partial charge < -0.3 is 14.5 Å². The van der Waals surface area contributed by atoms with Crippen molar-refractivity contribution in [3.05, 3.63) is 44.8 Å². The number of hydrogen-bond donors (Lipinski definition) is 1. The van der Waals surface area contributed by atoms with Crippen molar-refractivity contribution >= 4 is 31.6 Å². The Balaban J connectivity index is 1.15. The summed E-state index contributed by atoms with van der Waals surface area (Å²) >= 11 is 1.65. The topological polar surface area (TPSA) is 105 Å². The maximum absolute atomic E-state index is 13.2. The van der Waals surface area contributed by atoms with Gasteiger partial charge in [-0.3, -0.25) is 9.69 Å². The highest BCUT2D eigenvalue weighted by atomic mass is 32.2. The van der Waals surface area contributed by atoms with E-state index in [0.717, 1.165) is 29.5 Å². The van der Waals surface area contributed by atoms with Crippen LogP contribution in [0.4, 0.5) is 0 Å². The fourth-order valence-electron chi connectivity index (χ4n) is 5.14. The molecule has 0 saturated carbocycles. The molecule has 4 heterocycles. The number of sulfonamides is 1. The highest BCUT2D eigenvalue weighted by Crippen LogP contribution is 2.36. The molecule has 35 heavy (non-hydrogen) atoms. The van der Waals surface area contributed by atoms with Crippen LogP contribution in [0.15, 0.2) is 27.9 Å². The van der Waals surface area contributed by atoms with E-state index in [0.29, 0.717) is 69.2 Å². The van der Waals surface area contributed by atoms with Gasteiger partial charge in [0.15, 0.2) is 11.5 Å². The number of rotatable bonds is 4. The fourth-order valence-corrected chi connectivity index (χ4v) is 7.98. The molecule has 0 bridgehead atoms. The summed E-state index contributed by atoms with van der Waals surface area (Å²) in [5.74, 6) is 2.31. The van der Waals surface area contributed by atoms with Gasteiger partial charge in [0.1, 0.15) is 23.9 Å². The summed E-state index contributed by atoms with van der Waals surface area (Å²) in [6, 6.07) is 4.76. The molecule has 0 amide bonds. The van der Waals surface area contributed by atoms with Gasteiger partial charge in [0.2, 0.25) is 10.0 Å². The van der Waals surface area contributed by atoms with Gasteiger partial charge in [-0.15, -0.1) is 11.3 Å². The van der Waals surface area contributed by atoms with Crippen LogP contribution in [0.5, 0.6) is 11.5 Å². The monoisotopic (exact) mass is 516 g/mol. The minimum Gasteiger partial charge on any atom is -0.486 e. The number of thiophene rings is 1. The number of aromatic amines is 1. The first-order valence-corrected chi connectivity index (χ1v) is 14.3. The second-order valence-corrected chi connectivity index (χ2v) is 12.6. The van der Waals surface area contributed by atoms with E-state index in [-0.39, 0.29) is 10.5 Å². The van der Waals surface area contributed by atoms with Crippen LogP contribution in [0.25, 0.3) is 10.2 Å². The Hall–Kier alpha value is -2.47. The number of H-pyrrole nitrogens is 1. The normalized spacial score (nSPS) is 21.2. The summed E-state index contributed by atoms with van der Waals surface area (Å²) in [5, 5.41) is 0.760. The van der Waals surface area contributed by atoms with Crippen LogP contribution >= 0.6 is 11.3 Å². The SMILES string of the molecule is C[C@H]1CCc2c(sc3nc(CN4CCN(S(=O)(=O)c5ccc6c(c5)OCCO6)CC4)[nH]c(=O)c23)C1. The second-order valence-electron chi connectivity index (χ2n) is 9.53. The van der Waals surface area contributed by atoms with E-state index in [9.17, 15) is 13.2 Å². The van der Waals surface area contributed by atoms with Gasteiger partial charge in [-0.1, -0.05) is 6.92 Å². The summed E-state index contributed by atoms with van der Waals surface area (Å²) in [4.78, 5) is 25.1. The molecular formula is C24H28N4O5S2. The average molecular weight is 517 g/mol. The zero-order valence-corrected chi connectivity index (χ0v) is 21.2. The summed E-state index contributed by atoms with van der Waals surface area (Å²) in [6.07, 6.45) is 3.07. The maximum atomic E-state index is 13.2. The van der Waals surface area contributed by atoms with Crippen LogP contribution in [0, 0.1) is 5.92 Å². The Morgan fingerprint density at radius 2 is 1.91 bits per heavy atom. The maximum Gasteiger partial charge on any atom is 0.259 e. The largest absolute Gasteiger partial charge is 0.486 e. The lowest BCUT2D eigenvalue weighted by Gasteiger charge is -2.33. The first-order valence-electron chi connectivity index (χ1n) is 12.0. The van der Waals surface area contributed by atoms with E-state index in [1.54, 1.807) is 29.5 Å². The Labute approximate surface area is 207 Å². The molecule has 6 rings (SSSR count). The fraction of sp³-hybridized carbons (Fsp3) is 0.500. The lowest BCUT2D eigenvalue weighted by Crippen LogP contribution is -2.48. The Morgan fingerprint density at radius 3 is 2.71 bits per heavy atom. The predicted octanol–water partition coefficient (Wildman–Crippen LogP) is 2.39. The van der Waals surface area contributed by atoms with Crippen LogP contribution in [0.1, 0.15) is 29.6 Å². The Bertz CT molecular complexity index is 1440. The van der Waals surface area contributed by atoms with Crippen molar-refractivity contribution in [1.82, 2.24) is 19.2 Å². The molecule has 1 aliphatic carbocycles. The molecule has 2 aliphatic heterocycles. The summed E-state index contributed by atoms with van der Waals surface area (Å²) in [7, 11) is -3.63. The molecule has 3 aliphatic rings. The summed E-state index contributed by atoms with van der Waals surface area (Å²) in [5.41, 5.74) is 1.12. The van der Waals surface area contributed by atoms with Gasteiger partial charge in [-0.2, -0.15) is 4.31 Å². The molecule has 3 aromatic rings. The van der Waals surface area contributed by atoms with E-state index in [2.05, 4.69) is 16.8 Å². The van der Waals surface area contributed by atoms with Crippen LogP contribution < -0.4 is 15.0 Å². The molecular weight excluding hydrogens is 488 g/mol. The van der Waals surface area contributed by atoms with Crippen LogP contribution in [0.3, 0.4) is 0 Å². The molecule has 2 aromatic heterocycles. The molecule has 1 saturated heterocycles. The lowest BCUT2D eigenvalue weighted by molar-refractivity contribution is 0.170. The third-order valence-corrected chi connectivity index (χ3v) is 10.1. The van der Waals surface area contributed by atoms with Crippen molar-refractivity contribution in [1.29, 1.82) is 0 Å². The van der Waals surface area contributed by atoms with Crippen LogP contribution in [0.2, 0.25) is 0 Å².